The second-order valence-corrected chi connectivity index (χ2v) is 1.87. The number of aromatic amines is 2. The minimum Gasteiger partial charge on any atom is -0.177 e. The number of rotatable bonds is 2. The summed E-state index contributed by atoms with van der Waals surface area (Å²) < 4.78 is 0. The SMILES string of the molecule is C(=C\c1nn[nH]n1)/c1nn[nH]n1. The van der Waals surface area contributed by atoms with Crippen molar-refractivity contribution < 1.29 is 0 Å². The molecule has 2 rings (SSSR count). The highest BCUT2D eigenvalue weighted by atomic mass is 15.5. The van der Waals surface area contributed by atoms with E-state index >= 15 is 0 Å². The van der Waals surface area contributed by atoms with Crippen LogP contribution in [0.3, 0.4) is 0 Å². The molecule has 0 atom stereocenters. The predicted molar refractivity (Wildman–Crippen MR) is 37.3 cm³/mol. The Hall–Kier alpha value is -2.12. The molecule has 0 saturated carbocycles. The Bertz CT molecular complexity index is 308. The van der Waals surface area contributed by atoms with Crippen molar-refractivity contribution in [2.75, 3.05) is 0 Å². The van der Waals surface area contributed by atoms with E-state index in [0.29, 0.717) is 11.6 Å². The number of hydrogen-bond acceptors (Lipinski definition) is 6. The van der Waals surface area contributed by atoms with Gasteiger partial charge in [0, 0.05) is 0 Å². The zero-order valence-electron chi connectivity index (χ0n) is 5.84. The Morgan fingerprint density at radius 1 is 0.833 bits per heavy atom. The van der Waals surface area contributed by atoms with Crippen LogP contribution in [0.15, 0.2) is 0 Å². The van der Waals surface area contributed by atoms with Gasteiger partial charge in [-0.1, -0.05) is 0 Å². The highest BCUT2D eigenvalue weighted by Crippen LogP contribution is 1.93. The van der Waals surface area contributed by atoms with E-state index in [9.17, 15) is 0 Å². The fourth-order valence-electron chi connectivity index (χ4n) is 0.629. The molecule has 0 aromatic carbocycles. The molecular formula is C4H4N8. The topological polar surface area (TPSA) is 109 Å². The summed E-state index contributed by atoms with van der Waals surface area (Å²) in [6.07, 6.45) is 3.24. The second-order valence-electron chi connectivity index (χ2n) is 1.87. The number of tetrazole rings is 2. The van der Waals surface area contributed by atoms with Crippen LogP contribution in [0.1, 0.15) is 11.6 Å². The molecule has 0 aliphatic carbocycles. The molecule has 0 amide bonds. The van der Waals surface area contributed by atoms with E-state index < -0.39 is 0 Å². The molecule has 0 saturated heterocycles. The number of hydrogen-bond donors (Lipinski definition) is 2. The molecule has 8 nitrogen and oxygen atoms in total. The quantitative estimate of drug-likeness (QED) is 0.582. The van der Waals surface area contributed by atoms with Crippen LogP contribution in [0.5, 0.6) is 0 Å². The molecular weight excluding hydrogens is 160 g/mol. The van der Waals surface area contributed by atoms with Gasteiger partial charge in [-0.3, -0.25) is 0 Å². The van der Waals surface area contributed by atoms with Crippen LogP contribution in [0.2, 0.25) is 0 Å². The van der Waals surface area contributed by atoms with E-state index in [-0.39, 0.29) is 0 Å². The number of aromatic nitrogens is 8. The molecule has 12 heavy (non-hydrogen) atoms. The fourth-order valence-corrected chi connectivity index (χ4v) is 0.629. The van der Waals surface area contributed by atoms with E-state index in [1.165, 1.54) is 0 Å². The van der Waals surface area contributed by atoms with Gasteiger partial charge in [0.25, 0.3) is 0 Å². The van der Waals surface area contributed by atoms with Crippen LogP contribution >= 0.6 is 0 Å². The summed E-state index contributed by atoms with van der Waals surface area (Å²) in [4.78, 5) is 0. The molecule has 60 valence electrons. The Morgan fingerprint density at radius 2 is 1.33 bits per heavy atom. The normalized spacial score (nSPS) is 11.0. The summed E-state index contributed by atoms with van der Waals surface area (Å²) >= 11 is 0. The predicted octanol–water partition coefficient (Wildman–Crippen LogP) is -1.12. The number of nitrogens with zero attached hydrogens (tertiary/aromatic N) is 6. The lowest BCUT2D eigenvalue weighted by molar-refractivity contribution is 0.881. The Balaban J connectivity index is 2.14. The molecule has 0 fully saturated rings. The van der Waals surface area contributed by atoms with Gasteiger partial charge >= 0.3 is 0 Å². The lowest BCUT2D eigenvalue weighted by Gasteiger charge is -1.75. The zero-order chi connectivity index (χ0) is 8.23. The van der Waals surface area contributed by atoms with Gasteiger partial charge in [0.1, 0.15) is 0 Å². The summed E-state index contributed by atoms with van der Waals surface area (Å²) in [6, 6.07) is 0. The van der Waals surface area contributed by atoms with Gasteiger partial charge in [0.15, 0.2) is 11.6 Å². The Labute approximate surface area is 66.1 Å². The third-order valence-electron chi connectivity index (χ3n) is 1.10. The maximum atomic E-state index is 3.70. The van der Waals surface area contributed by atoms with Crippen molar-refractivity contribution >= 4 is 12.2 Å². The summed E-state index contributed by atoms with van der Waals surface area (Å²) in [5.41, 5.74) is 0. The Morgan fingerprint density at radius 3 is 1.67 bits per heavy atom. The van der Waals surface area contributed by atoms with Crippen LogP contribution in [-0.4, -0.2) is 41.2 Å². The molecule has 0 spiro atoms. The first-order valence-electron chi connectivity index (χ1n) is 3.10. The lowest BCUT2D eigenvalue weighted by Crippen LogP contribution is -1.77. The molecule has 0 radical (unpaired) electrons. The molecule has 2 N–H and O–H groups in total. The summed E-state index contributed by atoms with van der Waals surface area (Å²) in [5, 5.41) is 26.2. The van der Waals surface area contributed by atoms with Crippen molar-refractivity contribution in [2.45, 2.75) is 0 Å². The van der Waals surface area contributed by atoms with E-state index in [2.05, 4.69) is 41.2 Å². The van der Waals surface area contributed by atoms with Crippen LogP contribution in [-0.2, 0) is 0 Å². The van der Waals surface area contributed by atoms with Crippen molar-refractivity contribution in [3.05, 3.63) is 11.6 Å². The first-order chi connectivity index (χ1) is 5.95. The molecule has 0 unspecified atom stereocenters. The first-order valence-corrected chi connectivity index (χ1v) is 3.10. The minimum atomic E-state index is 0.472. The summed E-state index contributed by atoms with van der Waals surface area (Å²) in [5.74, 6) is 0.944. The monoisotopic (exact) mass is 164 g/mol. The zero-order valence-corrected chi connectivity index (χ0v) is 5.84. The van der Waals surface area contributed by atoms with Gasteiger partial charge in [-0.25, -0.2) is 0 Å². The van der Waals surface area contributed by atoms with E-state index in [1.54, 1.807) is 12.2 Å². The summed E-state index contributed by atoms with van der Waals surface area (Å²) in [7, 11) is 0. The largest absolute Gasteiger partial charge is 0.197 e. The molecule has 2 heterocycles. The maximum Gasteiger partial charge on any atom is 0.197 e. The third kappa shape index (κ3) is 1.31. The Kier molecular flexibility index (Phi) is 1.57. The highest BCUT2D eigenvalue weighted by molar-refractivity contribution is 5.61. The first kappa shape index (κ1) is 6.58. The van der Waals surface area contributed by atoms with Crippen molar-refractivity contribution in [3.63, 3.8) is 0 Å². The van der Waals surface area contributed by atoms with Crippen molar-refractivity contribution in [2.24, 2.45) is 0 Å². The van der Waals surface area contributed by atoms with Gasteiger partial charge in [-0.05, 0) is 22.6 Å². The molecule has 8 heteroatoms. The van der Waals surface area contributed by atoms with Gasteiger partial charge in [0.05, 0.1) is 0 Å². The van der Waals surface area contributed by atoms with Gasteiger partial charge in [-0.15, -0.1) is 20.4 Å². The average molecular weight is 164 g/mol. The highest BCUT2D eigenvalue weighted by Gasteiger charge is 1.92. The van der Waals surface area contributed by atoms with Crippen LogP contribution in [0.4, 0.5) is 0 Å². The minimum absolute atomic E-state index is 0.472. The van der Waals surface area contributed by atoms with E-state index in [0.717, 1.165) is 0 Å². The molecule has 0 aliphatic rings. The van der Waals surface area contributed by atoms with Gasteiger partial charge in [0.2, 0.25) is 0 Å². The average Bonchev–Trinajstić information content (AvgIpc) is 2.74. The standard InChI is InChI=1S/C4H4N8/c1(3-5-9-10-6-3)2-4-7-11-12-8-4/h1-2H,(H,5,6,9,10)(H,7,8,11,12)/b2-1+. The van der Waals surface area contributed by atoms with Crippen LogP contribution in [0, 0.1) is 0 Å². The number of H-pyrrole nitrogens is 2. The molecule has 0 bridgehead atoms. The third-order valence-corrected chi connectivity index (χ3v) is 1.10. The van der Waals surface area contributed by atoms with Crippen molar-refractivity contribution in [1.82, 2.24) is 41.2 Å². The molecule has 2 aromatic heterocycles. The number of nitrogens with one attached hydrogen (secondary N) is 2. The lowest BCUT2D eigenvalue weighted by atomic mass is 10.5. The smallest absolute Gasteiger partial charge is 0.177 e. The van der Waals surface area contributed by atoms with Crippen LogP contribution in [0.25, 0.3) is 12.2 Å². The van der Waals surface area contributed by atoms with Crippen molar-refractivity contribution in [3.8, 4) is 0 Å². The van der Waals surface area contributed by atoms with Crippen molar-refractivity contribution in [1.29, 1.82) is 0 Å². The van der Waals surface area contributed by atoms with E-state index in [4.69, 9.17) is 0 Å². The van der Waals surface area contributed by atoms with E-state index in [1.807, 2.05) is 0 Å². The fraction of sp³-hybridized carbons (Fsp3) is 0. The van der Waals surface area contributed by atoms with Gasteiger partial charge < -0.3 is 0 Å². The molecule has 2 aromatic rings. The van der Waals surface area contributed by atoms with Gasteiger partial charge in [-0.2, -0.15) is 10.4 Å². The van der Waals surface area contributed by atoms with Crippen LogP contribution < -0.4 is 0 Å². The second kappa shape index (κ2) is 2.86. The summed E-state index contributed by atoms with van der Waals surface area (Å²) in [6.45, 7) is 0. The molecule has 0 aliphatic heterocycles. The maximum absolute atomic E-state index is 3.70.